The van der Waals surface area contributed by atoms with Gasteiger partial charge >= 0.3 is 0 Å². The molecule has 82 valence electrons. The lowest BCUT2D eigenvalue weighted by Gasteiger charge is -2.10. The van der Waals surface area contributed by atoms with Crippen LogP contribution < -0.4 is 10.5 Å². The summed E-state index contributed by atoms with van der Waals surface area (Å²) in [5.74, 6) is 1.57. The molecule has 1 fully saturated rings. The van der Waals surface area contributed by atoms with Crippen LogP contribution in [-0.2, 0) is 0 Å². The summed E-state index contributed by atoms with van der Waals surface area (Å²) in [5, 5.41) is 9.56. The van der Waals surface area contributed by atoms with Crippen molar-refractivity contribution in [3.63, 3.8) is 0 Å². The van der Waals surface area contributed by atoms with Gasteiger partial charge in [-0.15, -0.1) is 0 Å². The highest BCUT2D eigenvalue weighted by Crippen LogP contribution is 2.29. The van der Waals surface area contributed by atoms with Gasteiger partial charge in [-0.25, -0.2) is 0 Å². The lowest BCUT2D eigenvalue weighted by Crippen LogP contribution is -2.11. The summed E-state index contributed by atoms with van der Waals surface area (Å²) in [5.41, 5.74) is 6.22. The fourth-order valence-electron chi connectivity index (χ4n) is 1.45. The van der Waals surface area contributed by atoms with Gasteiger partial charge in [-0.1, -0.05) is 12.1 Å². The van der Waals surface area contributed by atoms with Crippen LogP contribution in [0.1, 0.15) is 24.5 Å². The lowest BCUT2D eigenvalue weighted by molar-refractivity contribution is 0.186. The summed E-state index contributed by atoms with van der Waals surface area (Å²) in [6, 6.07) is 7.52. The number of nitrogens with two attached hydrogens (primary N) is 1. The van der Waals surface area contributed by atoms with Gasteiger partial charge in [0.1, 0.15) is 5.75 Å². The van der Waals surface area contributed by atoms with Gasteiger partial charge < -0.3 is 15.6 Å². The predicted octanol–water partition coefficient (Wildman–Crippen LogP) is 1.47. The first-order valence-electron chi connectivity index (χ1n) is 5.40. The molecule has 0 saturated heterocycles. The number of hydrogen-bond acceptors (Lipinski definition) is 3. The summed E-state index contributed by atoms with van der Waals surface area (Å²) < 4.78 is 5.61. The molecule has 3 nitrogen and oxygen atoms in total. The van der Waals surface area contributed by atoms with Gasteiger partial charge in [0.25, 0.3) is 0 Å². The largest absolute Gasteiger partial charge is 0.493 e. The molecule has 0 spiro atoms. The molecule has 0 heterocycles. The average molecular weight is 207 g/mol. The van der Waals surface area contributed by atoms with E-state index in [0.717, 1.165) is 23.8 Å². The minimum atomic E-state index is -0.588. The van der Waals surface area contributed by atoms with E-state index in [4.69, 9.17) is 10.5 Å². The Hall–Kier alpha value is -1.06. The molecular weight excluding hydrogens is 190 g/mol. The van der Waals surface area contributed by atoms with Gasteiger partial charge in [0.15, 0.2) is 0 Å². The van der Waals surface area contributed by atoms with Gasteiger partial charge in [-0.3, -0.25) is 0 Å². The molecule has 0 amide bonds. The Labute approximate surface area is 89.9 Å². The zero-order valence-electron chi connectivity index (χ0n) is 8.73. The normalized spacial score (nSPS) is 17.5. The molecule has 1 saturated carbocycles. The Morgan fingerprint density at radius 2 is 2.27 bits per heavy atom. The van der Waals surface area contributed by atoms with Crippen LogP contribution >= 0.6 is 0 Å². The molecule has 3 heteroatoms. The highest BCUT2D eigenvalue weighted by atomic mass is 16.5. The van der Waals surface area contributed by atoms with Crippen LogP contribution in [0.3, 0.4) is 0 Å². The highest BCUT2D eigenvalue weighted by molar-refractivity contribution is 5.30. The Kier molecular flexibility index (Phi) is 3.23. The Morgan fingerprint density at radius 1 is 1.47 bits per heavy atom. The molecule has 2 rings (SSSR count). The fraction of sp³-hybridized carbons (Fsp3) is 0.500. The molecule has 1 atom stereocenters. The molecule has 0 aromatic heterocycles. The molecule has 1 unspecified atom stereocenters. The minimum Gasteiger partial charge on any atom is -0.493 e. The minimum absolute atomic E-state index is 0.242. The maximum atomic E-state index is 9.56. The van der Waals surface area contributed by atoms with Crippen molar-refractivity contribution in [2.75, 3.05) is 13.2 Å². The maximum absolute atomic E-state index is 9.56. The fourth-order valence-corrected chi connectivity index (χ4v) is 1.45. The number of benzene rings is 1. The third-order valence-electron chi connectivity index (χ3n) is 2.65. The molecule has 1 aliphatic rings. The van der Waals surface area contributed by atoms with Crippen molar-refractivity contribution in [1.82, 2.24) is 0 Å². The van der Waals surface area contributed by atoms with Crippen molar-refractivity contribution in [2.24, 2.45) is 11.7 Å². The lowest BCUT2D eigenvalue weighted by atomic mass is 10.1. The van der Waals surface area contributed by atoms with E-state index in [1.165, 1.54) is 12.8 Å². The number of aliphatic hydroxyl groups is 1. The van der Waals surface area contributed by atoms with E-state index in [0.29, 0.717) is 0 Å². The van der Waals surface area contributed by atoms with Crippen molar-refractivity contribution in [2.45, 2.75) is 18.9 Å². The standard InChI is InChI=1S/C12H17NO2/c13-7-12(14)10-2-1-3-11(6-10)15-8-9-4-5-9/h1-3,6,9,12,14H,4-5,7-8,13H2. The van der Waals surface area contributed by atoms with Gasteiger partial charge in [0.2, 0.25) is 0 Å². The second-order valence-corrected chi connectivity index (χ2v) is 4.08. The van der Waals surface area contributed by atoms with Crippen LogP contribution in [0.5, 0.6) is 5.75 Å². The summed E-state index contributed by atoms with van der Waals surface area (Å²) in [6.07, 6.45) is 1.98. The first-order valence-corrected chi connectivity index (χ1v) is 5.40. The first-order chi connectivity index (χ1) is 7.29. The summed E-state index contributed by atoms with van der Waals surface area (Å²) >= 11 is 0. The molecule has 1 aliphatic carbocycles. The molecule has 1 aromatic carbocycles. The summed E-state index contributed by atoms with van der Waals surface area (Å²) in [6.45, 7) is 1.04. The van der Waals surface area contributed by atoms with E-state index in [9.17, 15) is 5.11 Å². The first kappa shape index (κ1) is 10.5. The Balaban J connectivity index is 1.97. The average Bonchev–Trinajstić information content (AvgIpc) is 3.09. The van der Waals surface area contributed by atoms with Crippen molar-refractivity contribution < 1.29 is 9.84 Å². The molecule has 3 N–H and O–H groups in total. The Bertz CT molecular complexity index is 323. The molecule has 0 bridgehead atoms. The van der Waals surface area contributed by atoms with Crippen LogP contribution in [0, 0.1) is 5.92 Å². The second-order valence-electron chi connectivity index (χ2n) is 4.08. The zero-order chi connectivity index (χ0) is 10.7. The quantitative estimate of drug-likeness (QED) is 0.768. The predicted molar refractivity (Wildman–Crippen MR) is 58.7 cm³/mol. The van der Waals surface area contributed by atoms with Crippen molar-refractivity contribution in [3.05, 3.63) is 29.8 Å². The van der Waals surface area contributed by atoms with E-state index >= 15 is 0 Å². The van der Waals surface area contributed by atoms with Gasteiger partial charge in [0.05, 0.1) is 12.7 Å². The third kappa shape index (κ3) is 2.94. The summed E-state index contributed by atoms with van der Waals surface area (Å²) in [7, 11) is 0. The second kappa shape index (κ2) is 4.64. The van der Waals surface area contributed by atoms with E-state index in [1.807, 2.05) is 24.3 Å². The monoisotopic (exact) mass is 207 g/mol. The van der Waals surface area contributed by atoms with Crippen molar-refractivity contribution in [3.8, 4) is 5.75 Å². The number of ether oxygens (including phenoxy) is 1. The molecular formula is C12H17NO2. The van der Waals surface area contributed by atoms with Gasteiger partial charge in [0, 0.05) is 6.54 Å². The number of aliphatic hydroxyl groups excluding tert-OH is 1. The molecule has 0 aliphatic heterocycles. The van der Waals surface area contributed by atoms with Gasteiger partial charge in [-0.05, 0) is 36.5 Å². The summed E-state index contributed by atoms with van der Waals surface area (Å²) in [4.78, 5) is 0. The SMILES string of the molecule is NCC(O)c1cccc(OCC2CC2)c1. The number of hydrogen-bond donors (Lipinski definition) is 2. The zero-order valence-corrected chi connectivity index (χ0v) is 8.73. The van der Waals surface area contributed by atoms with E-state index < -0.39 is 6.10 Å². The van der Waals surface area contributed by atoms with E-state index in [1.54, 1.807) is 0 Å². The molecule has 0 radical (unpaired) electrons. The van der Waals surface area contributed by atoms with Crippen LogP contribution in [0.25, 0.3) is 0 Å². The van der Waals surface area contributed by atoms with Crippen LogP contribution in [-0.4, -0.2) is 18.3 Å². The maximum Gasteiger partial charge on any atom is 0.119 e. The smallest absolute Gasteiger partial charge is 0.119 e. The van der Waals surface area contributed by atoms with Crippen LogP contribution in [0.4, 0.5) is 0 Å². The highest BCUT2D eigenvalue weighted by Gasteiger charge is 2.21. The third-order valence-corrected chi connectivity index (χ3v) is 2.65. The van der Waals surface area contributed by atoms with Crippen molar-refractivity contribution >= 4 is 0 Å². The van der Waals surface area contributed by atoms with Crippen LogP contribution in [0.2, 0.25) is 0 Å². The topological polar surface area (TPSA) is 55.5 Å². The number of rotatable bonds is 5. The van der Waals surface area contributed by atoms with Crippen LogP contribution in [0.15, 0.2) is 24.3 Å². The van der Waals surface area contributed by atoms with E-state index in [-0.39, 0.29) is 6.54 Å². The Morgan fingerprint density at radius 3 is 2.93 bits per heavy atom. The van der Waals surface area contributed by atoms with Crippen molar-refractivity contribution in [1.29, 1.82) is 0 Å². The molecule has 15 heavy (non-hydrogen) atoms. The van der Waals surface area contributed by atoms with Gasteiger partial charge in [-0.2, -0.15) is 0 Å². The molecule has 1 aromatic rings. The van der Waals surface area contributed by atoms with E-state index in [2.05, 4.69) is 0 Å².